The summed E-state index contributed by atoms with van der Waals surface area (Å²) in [5, 5.41) is 13.5. The number of carbonyl (C=O) groups is 1. The zero-order valence-corrected chi connectivity index (χ0v) is 16.4. The van der Waals surface area contributed by atoms with Crippen molar-refractivity contribution in [3.8, 4) is 0 Å². The van der Waals surface area contributed by atoms with Gasteiger partial charge in [0.2, 0.25) is 11.1 Å². The number of halogens is 3. The lowest BCUT2D eigenvalue weighted by Gasteiger charge is -2.20. The fourth-order valence-corrected chi connectivity index (χ4v) is 3.55. The Labute approximate surface area is 168 Å². The number of tetrazole rings is 1. The van der Waals surface area contributed by atoms with Gasteiger partial charge < -0.3 is 9.73 Å². The number of aromatic nitrogens is 4. The highest BCUT2D eigenvalue weighted by molar-refractivity contribution is 8.00. The van der Waals surface area contributed by atoms with Crippen LogP contribution in [0.25, 0.3) is 0 Å². The molecule has 154 valence electrons. The number of nitrogens with one attached hydrogen (secondary N) is 1. The van der Waals surface area contributed by atoms with Crippen LogP contribution >= 0.6 is 11.8 Å². The molecule has 1 N–H and O–H groups in total. The number of hydrogen-bond acceptors (Lipinski definition) is 6. The van der Waals surface area contributed by atoms with Gasteiger partial charge >= 0.3 is 6.18 Å². The first-order valence-electron chi connectivity index (χ1n) is 8.68. The minimum Gasteiger partial charge on any atom is -0.467 e. The van der Waals surface area contributed by atoms with Crippen molar-refractivity contribution >= 4 is 23.4 Å². The van der Waals surface area contributed by atoms with Crippen molar-refractivity contribution in [1.29, 1.82) is 0 Å². The van der Waals surface area contributed by atoms with Crippen LogP contribution in [0.5, 0.6) is 0 Å². The number of amides is 1. The molecule has 7 nitrogen and oxygen atoms in total. The van der Waals surface area contributed by atoms with Crippen LogP contribution < -0.4 is 5.32 Å². The maximum Gasteiger partial charge on any atom is 0.418 e. The van der Waals surface area contributed by atoms with Crippen LogP contribution in [0, 0.1) is 5.92 Å². The Morgan fingerprint density at radius 2 is 2.00 bits per heavy atom. The third-order valence-electron chi connectivity index (χ3n) is 3.97. The summed E-state index contributed by atoms with van der Waals surface area (Å²) >= 11 is 1.08. The number of anilines is 1. The minimum atomic E-state index is -4.57. The summed E-state index contributed by atoms with van der Waals surface area (Å²) in [7, 11) is 0. The molecule has 0 aliphatic carbocycles. The molecule has 29 heavy (non-hydrogen) atoms. The Hall–Kier alpha value is -2.82. The second kappa shape index (κ2) is 8.68. The van der Waals surface area contributed by atoms with E-state index in [9.17, 15) is 18.0 Å². The van der Waals surface area contributed by atoms with Gasteiger partial charge in [-0.1, -0.05) is 37.7 Å². The summed E-state index contributed by atoms with van der Waals surface area (Å²) in [6.45, 7) is 3.87. The average Bonchev–Trinajstić information content (AvgIpc) is 3.31. The normalized spacial score (nSPS) is 12.9. The van der Waals surface area contributed by atoms with E-state index in [4.69, 9.17) is 4.42 Å². The highest BCUT2D eigenvalue weighted by atomic mass is 32.2. The van der Waals surface area contributed by atoms with E-state index >= 15 is 0 Å². The van der Waals surface area contributed by atoms with Gasteiger partial charge in [-0.05, 0) is 40.6 Å². The van der Waals surface area contributed by atoms with E-state index < -0.39 is 22.9 Å². The largest absolute Gasteiger partial charge is 0.467 e. The number of nitrogens with zero attached hydrogens (tertiary/aromatic N) is 4. The molecule has 2 aromatic heterocycles. The van der Waals surface area contributed by atoms with Gasteiger partial charge in [-0.15, -0.1) is 5.10 Å². The average molecular weight is 425 g/mol. The number of para-hydroxylation sites is 1. The molecule has 0 bridgehead atoms. The number of furan rings is 1. The van der Waals surface area contributed by atoms with E-state index in [1.165, 1.54) is 29.1 Å². The summed E-state index contributed by atoms with van der Waals surface area (Å²) in [5.74, 6) is -0.120. The van der Waals surface area contributed by atoms with Crippen molar-refractivity contribution in [1.82, 2.24) is 20.2 Å². The molecule has 0 aliphatic heterocycles. The maximum absolute atomic E-state index is 13.2. The summed E-state index contributed by atoms with van der Waals surface area (Å²) in [5.41, 5.74) is -1.19. The fourth-order valence-electron chi connectivity index (χ4n) is 2.58. The van der Waals surface area contributed by atoms with E-state index in [2.05, 4.69) is 20.8 Å². The van der Waals surface area contributed by atoms with E-state index in [-0.39, 0.29) is 18.2 Å². The van der Waals surface area contributed by atoms with Gasteiger partial charge in [0.15, 0.2) is 0 Å². The SMILES string of the molecule is CC(C)C(Sc1nnnn1Cc1ccco1)C(=O)Nc1ccccc1C(F)(F)F. The van der Waals surface area contributed by atoms with E-state index in [0.29, 0.717) is 10.9 Å². The summed E-state index contributed by atoms with van der Waals surface area (Å²) in [6, 6.07) is 8.36. The Kier molecular flexibility index (Phi) is 6.26. The zero-order valence-electron chi connectivity index (χ0n) is 15.6. The molecule has 3 aromatic rings. The molecule has 0 saturated heterocycles. The second-order valence-electron chi connectivity index (χ2n) is 6.51. The van der Waals surface area contributed by atoms with Crippen LogP contribution in [0.4, 0.5) is 18.9 Å². The molecule has 3 rings (SSSR count). The van der Waals surface area contributed by atoms with E-state index in [1.54, 1.807) is 26.0 Å². The van der Waals surface area contributed by atoms with Gasteiger partial charge in [0.05, 0.1) is 22.8 Å². The molecule has 11 heteroatoms. The first-order valence-corrected chi connectivity index (χ1v) is 9.56. The number of carbonyl (C=O) groups excluding carboxylic acids is 1. The number of hydrogen-bond donors (Lipinski definition) is 1. The van der Waals surface area contributed by atoms with Gasteiger partial charge in [-0.25, -0.2) is 4.68 Å². The van der Waals surface area contributed by atoms with E-state index in [0.717, 1.165) is 17.8 Å². The summed E-state index contributed by atoms with van der Waals surface area (Å²) in [6.07, 6.45) is -3.05. The van der Waals surface area contributed by atoms with Gasteiger partial charge in [0, 0.05) is 0 Å². The van der Waals surface area contributed by atoms with Crippen molar-refractivity contribution < 1.29 is 22.4 Å². The standard InChI is InChI=1S/C18H18F3N5O2S/c1-11(2)15(16(27)22-14-8-4-3-7-13(14)18(19,20)21)29-17-23-24-25-26(17)10-12-6-5-9-28-12/h3-9,11,15H,10H2,1-2H3,(H,22,27). The Balaban J connectivity index is 1.78. The van der Waals surface area contributed by atoms with Gasteiger partial charge in [0.25, 0.3) is 0 Å². The molecule has 0 aliphatic rings. The monoisotopic (exact) mass is 425 g/mol. The zero-order chi connectivity index (χ0) is 21.0. The summed E-state index contributed by atoms with van der Waals surface area (Å²) in [4.78, 5) is 12.8. The lowest BCUT2D eigenvalue weighted by molar-refractivity contribution is -0.137. The highest BCUT2D eigenvalue weighted by Crippen LogP contribution is 2.35. The van der Waals surface area contributed by atoms with Gasteiger partial charge in [-0.2, -0.15) is 13.2 Å². The summed E-state index contributed by atoms with van der Waals surface area (Å²) < 4.78 is 46.3. The second-order valence-corrected chi connectivity index (χ2v) is 7.62. The highest BCUT2D eigenvalue weighted by Gasteiger charge is 2.35. The van der Waals surface area contributed by atoms with Crippen molar-refractivity contribution in [3.63, 3.8) is 0 Å². The van der Waals surface area contributed by atoms with Crippen molar-refractivity contribution in [2.24, 2.45) is 5.92 Å². The third-order valence-corrected chi connectivity index (χ3v) is 5.49. The topological polar surface area (TPSA) is 85.8 Å². The molecule has 0 spiro atoms. The number of thioether (sulfide) groups is 1. The van der Waals surface area contributed by atoms with Crippen LogP contribution in [0.3, 0.4) is 0 Å². The van der Waals surface area contributed by atoms with Crippen molar-refractivity contribution in [2.75, 3.05) is 5.32 Å². The third kappa shape index (κ3) is 5.17. The van der Waals surface area contributed by atoms with Crippen LogP contribution in [0.2, 0.25) is 0 Å². The van der Waals surface area contributed by atoms with Gasteiger partial charge in [-0.3, -0.25) is 4.79 Å². The van der Waals surface area contributed by atoms with Crippen molar-refractivity contribution in [2.45, 2.75) is 37.0 Å². The number of rotatable bonds is 7. The molecule has 1 atom stereocenters. The van der Waals surface area contributed by atoms with Crippen LogP contribution in [0.15, 0.2) is 52.2 Å². The maximum atomic E-state index is 13.2. The molecular weight excluding hydrogens is 407 g/mol. The Bertz CT molecular complexity index is 957. The minimum absolute atomic E-state index is 0.188. The number of alkyl halides is 3. The molecule has 1 aromatic carbocycles. The van der Waals surface area contributed by atoms with E-state index in [1.807, 2.05) is 0 Å². The molecule has 2 heterocycles. The molecule has 0 fully saturated rings. The fraction of sp³-hybridized carbons (Fsp3) is 0.333. The predicted octanol–water partition coefficient (Wildman–Crippen LogP) is 4.09. The van der Waals surface area contributed by atoms with Crippen LogP contribution in [0.1, 0.15) is 25.2 Å². The Morgan fingerprint density at radius 1 is 1.24 bits per heavy atom. The first kappa shape index (κ1) is 20.9. The quantitative estimate of drug-likeness (QED) is 0.574. The lowest BCUT2D eigenvalue weighted by Crippen LogP contribution is -2.31. The smallest absolute Gasteiger partial charge is 0.418 e. The van der Waals surface area contributed by atoms with Crippen LogP contribution in [-0.2, 0) is 17.5 Å². The Morgan fingerprint density at radius 3 is 2.66 bits per heavy atom. The molecule has 0 radical (unpaired) electrons. The molecular formula is C18H18F3N5O2S. The van der Waals surface area contributed by atoms with Crippen molar-refractivity contribution in [3.05, 3.63) is 54.0 Å². The van der Waals surface area contributed by atoms with Gasteiger partial charge in [0.1, 0.15) is 12.3 Å². The lowest BCUT2D eigenvalue weighted by atomic mass is 10.1. The first-order chi connectivity index (χ1) is 13.8. The molecule has 1 unspecified atom stereocenters. The van der Waals surface area contributed by atoms with Crippen LogP contribution in [-0.4, -0.2) is 31.4 Å². The molecule has 1 amide bonds. The molecule has 0 saturated carbocycles. The predicted molar refractivity (Wildman–Crippen MR) is 100 cm³/mol. The number of benzene rings is 1.